The van der Waals surface area contributed by atoms with Crippen molar-refractivity contribution in [2.75, 3.05) is 27.2 Å². The van der Waals surface area contributed by atoms with Gasteiger partial charge in [0.05, 0.1) is 18.6 Å². The Hall–Kier alpha value is -1.33. The lowest BCUT2D eigenvalue weighted by atomic mass is 10.0. The van der Waals surface area contributed by atoms with Gasteiger partial charge in [-0.3, -0.25) is 24.2 Å². The highest BCUT2D eigenvalue weighted by molar-refractivity contribution is 6.00. The van der Waals surface area contributed by atoms with Crippen molar-refractivity contribution >= 4 is 17.3 Å². The van der Waals surface area contributed by atoms with Gasteiger partial charge in [-0.25, -0.2) is 0 Å². The number of ketones is 3. The summed E-state index contributed by atoms with van der Waals surface area (Å²) >= 11 is 0. The molecule has 0 bridgehead atoms. The van der Waals surface area contributed by atoms with Gasteiger partial charge < -0.3 is 0 Å². The molecule has 0 unspecified atom stereocenters. The van der Waals surface area contributed by atoms with E-state index in [9.17, 15) is 14.4 Å². The molecule has 104 valence electrons. The number of carbonyl (C=O) groups excluding carboxylic acids is 3. The highest BCUT2D eigenvalue weighted by Crippen LogP contribution is 2.23. The highest BCUT2D eigenvalue weighted by Gasteiger charge is 2.34. The zero-order chi connectivity index (χ0) is 14.2. The molecule has 0 spiro atoms. The Balaban J connectivity index is 2.04. The van der Waals surface area contributed by atoms with Gasteiger partial charge in [-0.1, -0.05) is 5.57 Å². The molecule has 2 fully saturated rings. The molecule has 0 amide bonds. The maximum Gasteiger partial charge on any atom is 0.173 e. The number of likely N-dealkylation sites (N-methyl/N-ethyl adjacent to an activating group) is 2. The number of Topliss-reactive ketones (excluding diaryl/α,β-unsaturated/α-hetero) is 2. The molecule has 0 aliphatic carbocycles. The van der Waals surface area contributed by atoms with E-state index in [0.717, 1.165) is 5.57 Å². The average molecular weight is 264 g/mol. The second-order valence-electron chi connectivity index (χ2n) is 5.62. The number of likely N-dealkylation sites (tertiary alicyclic amines) is 2. The SMILES string of the molecule is CC(=O)[C@@H]1C/C(=C\C(=O)[C@@H]2CC(=O)CN2C)CN1C. The molecule has 5 heteroatoms. The van der Waals surface area contributed by atoms with Crippen LogP contribution in [0.15, 0.2) is 11.6 Å². The minimum atomic E-state index is -0.318. The number of rotatable bonds is 3. The standard InChI is InChI=1S/C14H20N2O3/c1-9(17)12-4-10(7-15(12)2)5-14(19)13-6-11(18)8-16(13)3/h5,12-13H,4,6-8H2,1-3H3/b10-5+/t12-,13-/m0/s1. The highest BCUT2D eigenvalue weighted by atomic mass is 16.1. The van der Waals surface area contributed by atoms with Crippen LogP contribution in [0.4, 0.5) is 0 Å². The molecule has 0 radical (unpaired) electrons. The van der Waals surface area contributed by atoms with E-state index in [-0.39, 0.29) is 29.4 Å². The van der Waals surface area contributed by atoms with Crippen LogP contribution in [0.1, 0.15) is 19.8 Å². The maximum atomic E-state index is 12.2. The zero-order valence-corrected chi connectivity index (χ0v) is 11.7. The third kappa shape index (κ3) is 2.98. The monoisotopic (exact) mass is 264 g/mol. The van der Waals surface area contributed by atoms with Crippen molar-refractivity contribution in [3.8, 4) is 0 Å². The molecule has 2 aliphatic heterocycles. The molecule has 2 atom stereocenters. The van der Waals surface area contributed by atoms with E-state index in [4.69, 9.17) is 0 Å². The van der Waals surface area contributed by atoms with Gasteiger partial charge >= 0.3 is 0 Å². The van der Waals surface area contributed by atoms with Gasteiger partial charge in [-0.05, 0) is 33.5 Å². The number of hydrogen-bond acceptors (Lipinski definition) is 5. The van der Waals surface area contributed by atoms with Crippen LogP contribution in [0.3, 0.4) is 0 Å². The average Bonchev–Trinajstić information content (AvgIpc) is 2.81. The lowest BCUT2D eigenvalue weighted by molar-refractivity contribution is -0.121. The van der Waals surface area contributed by atoms with Crippen LogP contribution in [-0.4, -0.2) is 66.4 Å². The quantitative estimate of drug-likeness (QED) is 0.674. The summed E-state index contributed by atoms with van der Waals surface area (Å²) in [6.45, 7) is 2.59. The Morgan fingerprint density at radius 1 is 1.11 bits per heavy atom. The van der Waals surface area contributed by atoms with Gasteiger partial charge in [-0.2, -0.15) is 0 Å². The second kappa shape index (κ2) is 5.35. The Morgan fingerprint density at radius 2 is 1.74 bits per heavy atom. The summed E-state index contributed by atoms with van der Waals surface area (Å²) in [4.78, 5) is 38.7. The summed E-state index contributed by atoms with van der Waals surface area (Å²) in [5, 5.41) is 0. The summed E-state index contributed by atoms with van der Waals surface area (Å²) < 4.78 is 0. The van der Waals surface area contributed by atoms with E-state index < -0.39 is 0 Å². The first-order valence-electron chi connectivity index (χ1n) is 6.54. The molecule has 0 aromatic heterocycles. The van der Waals surface area contributed by atoms with Gasteiger partial charge in [0, 0.05) is 13.0 Å². The first-order valence-corrected chi connectivity index (χ1v) is 6.54. The van der Waals surface area contributed by atoms with Crippen molar-refractivity contribution in [3.05, 3.63) is 11.6 Å². The van der Waals surface area contributed by atoms with Crippen LogP contribution in [0.25, 0.3) is 0 Å². The van der Waals surface area contributed by atoms with Gasteiger partial charge in [0.25, 0.3) is 0 Å². The molecule has 0 N–H and O–H groups in total. The summed E-state index contributed by atoms with van der Waals surface area (Å²) in [5.41, 5.74) is 0.987. The Kier molecular flexibility index (Phi) is 3.96. The van der Waals surface area contributed by atoms with Crippen LogP contribution in [0.5, 0.6) is 0 Å². The number of carbonyl (C=O) groups is 3. The molecular formula is C14H20N2O3. The predicted octanol–water partition coefficient (Wildman–Crippen LogP) is 0.0482. The molecule has 5 nitrogen and oxygen atoms in total. The molecule has 2 saturated heterocycles. The van der Waals surface area contributed by atoms with Crippen molar-refractivity contribution in [1.82, 2.24) is 9.80 Å². The van der Waals surface area contributed by atoms with Gasteiger partial charge in [0.1, 0.15) is 11.6 Å². The molecule has 2 aliphatic rings. The minimum Gasteiger partial charge on any atom is -0.298 e. The van der Waals surface area contributed by atoms with Crippen molar-refractivity contribution in [3.63, 3.8) is 0 Å². The van der Waals surface area contributed by atoms with Crippen molar-refractivity contribution in [1.29, 1.82) is 0 Å². The van der Waals surface area contributed by atoms with Crippen molar-refractivity contribution < 1.29 is 14.4 Å². The van der Waals surface area contributed by atoms with Crippen LogP contribution in [-0.2, 0) is 14.4 Å². The summed E-state index contributed by atoms with van der Waals surface area (Å²) in [6, 6.07) is -0.427. The summed E-state index contributed by atoms with van der Waals surface area (Å²) in [6.07, 6.45) is 2.58. The van der Waals surface area contributed by atoms with E-state index in [1.54, 1.807) is 24.9 Å². The number of hydrogen-bond donors (Lipinski definition) is 0. The van der Waals surface area contributed by atoms with Gasteiger partial charge in [0.15, 0.2) is 5.78 Å². The number of nitrogens with zero attached hydrogens (tertiary/aromatic N) is 2. The Morgan fingerprint density at radius 3 is 2.21 bits per heavy atom. The summed E-state index contributed by atoms with van der Waals surface area (Å²) in [5.74, 6) is 0.233. The van der Waals surface area contributed by atoms with E-state index in [1.165, 1.54) is 0 Å². The predicted molar refractivity (Wildman–Crippen MR) is 70.8 cm³/mol. The fourth-order valence-electron chi connectivity index (χ4n) is 2.90. The van der Waals surface area contributed by atoms with Crippen molar-refractivity contribution in [2.24, 2.45) is 0 Å². The fraction of sp³-hybridized carbons (Fsp3) is 0.643. The van der Waals surface area contributed by atoms with Crippen LogP contribution < -0.4 is 0 Å². The summed E-state index contributed by atoms with van der Waals surface area (Å²) in [7, 11) is 3.69. The topological polar surface area (TPSA) is 57.7 Å². The maximum absolute atomic E-state index is 12.2. The third-order valence-electron chi connectivity index (χ3n) is 3.96. The largest absolute Gasteiger partial charge is 0.298 e. The molecular weight excluding hydrogens is 244 g/mol. The van der Waals surface area contributed by atoms with Gasteiger partial charge in [-0.15, -0.1) is 0 Å². The van der Waals surface area contributed by atoms with Gasteiger partial charge in [0.2, 0.25) is 0 Å². The van der Waals surface area contributed by atoms with E-state index in [1.807, 2.05) is 11.9 Å². The van der Waals surface area contributed by atoms with E-state index >= 15 is 0 Å². The smallest absolute Gasteiger partial charge is 0.173 e. The lowest BCUT2D eigenvalue weighted by Crippen LogP contribution is -2.32. The third-order valence-corrected chi connectivity index (χ3v) is 3.96. The molecule has 0 aromatic carbocycles. The van der Waals surface area contributed by atoms with Crippen LogP contribution >= 0.6 is 0 Å². The van der Waals surface area contributed by atoms with Crippen LogP contribution in [0.2, 0.25) is 0 Å². The van der Waals surface area contributed by atoms with E-state index in [2.05, 4.69) is 0 Å². The second-order valence-corrected chi connectivity index (χ2v) is 5.62. The molecule has 19 heavy (non-hydrogen) atoms. The lowest BCUT2D eigenvalue weighted by Gasteiger charge is -2.15. The van der Waals surface area contributed by atoms with E-state index in [0.29, 0.717) is 25.9 Å². The fourth-order valence-corrected chi connectivity index (χ4v) is 2.90. The Labute approximate surface area is 113 Å². The molecule has 0 saturated carbocycles. The molecule has 0 aromatic rings. The molecule has 2 heterocycles. The first-order chi connectivity index (χ1) is 8.88. The minimum absolute atomic E-state index is 0.0130. The molecule has 2 rings (SSSR count). The Bertz CT molecular complexity index is 456. The first kappa shape index (κ1) is 14.1. The van der Waals surface area contributed by atoms with Crippen molar-refractivity contribution in [2.45, 2.75) is 31.8 Å². The normalized spacial score (nSPS) is 31.3. The zero-order valence-electron chi connectivity index (χ0n) is 11.7. The van der Waals surface area contributed by atoms with Crippen LogP contribution in [0, 0.1) is 0 Å².